The number of benzene rings is 1. The minimum Gasteiger partial charge on any atom is -0.397 e. The molecule has 1 rings (SSSR count). The van der Waals surface area contributed by atoms with E-state index in [1.165, 1.54) is 0 Å². The maximum atomic E-state index is 11.4. The summed E-state index contributed by atoms with van der Waals surface area (Å²) < 4.78 is 0. The van der Waals surface area contributed by atoms with Gasteiger partial charge in [-0.3, -0.25) is 4.79 Å². The lowest BCUT2D eigenvalue weighted by molar-refractivity contribution is -0.128. The molecule has 0 aliphatic heterocycles. The highest BCUT2D eigenvalue weighted by Crippen LogP contribution is 2.20. The van der Waals surface area contributed by atoms with E-state index in [0.29, 0.717) is 13.0 Å². The van der Waals surface area contributed by atoms with Crippen molar-refractivity contribution in [2.45, 2.75) is 6.42 Å². The molecule has 0 aromatic heterocycles. The smallest absolute Gasteiger partial charge is 0.223 e. The molecule has 0 radical (unpaired) electrons. The van der Waals surface area contributed by atoms with E-state index in [1.54, 1.807) is 19.0 Å². The van der Waals surface area contributed by atoms with Crippen LogP contribution in [-0.2, 0) is 4.79 Å². The molecular formula is C12H19N3O. The number of rotatable bonds is 4. The van der Waals surface area contributed by atoms with E-state index in [1.807, 2.05) is 36.2 Å². The van der Waals surface area contributed by atoms with Crippen molar-refractivity contribution in [3.63, 3.8) is 0 Å². The van der Waals surface area contributed by atoms with Gasteiger partial charge in [0, 0.05) is 34.1 Å². The van der Waals surface area contributed by atoms with Crippen molar-refractivity contribution in [1.82, 2.24) is 4.90 Å². The summed E-state index contributed by atoms with van der Waals surface area (Å²) in [6, 6.07) is 7.66. The standard InChI is InChI=1S/C12H19N3O/c1-14(2)12(16)8-9-15(3)11-7-5-4-6-10(11)13/h4-7H,8-9,13H2,1-3H3. The van der Waals surface area contributed by atoms with Gasteiger partial charge in [0.05, 0.1) is 11.4 Å². The van der Waals surface area contributed by atoms with Crippen LogP contribution in [0.25, 0.3) is 0 Å². The van der Waals surface area contributed by atoms with Crippen LogP contribution >= 0.6 is 0 Å². The lowest BCUT2D eigenvalue weighted by Crippen LogP contribution is -2.28. The Bertz CT molecular complexity index is 363. The van der Waals surface area contributed by atoms with E-state index in [-0.39, 0.29) is 5.91 Å². The normalized spacial score (nSPS) is 9.94. The van der Waals surface area contributed by atoms with Gasteiger partial charge in [0.2, 0.25) is 5.91 Å². The third-order valence-electron chi connectivity index (χ3n) is 2.51. The van der Waals surface area contributed by atoms with Gasteiger partial charge >= 0.3 is 0 Å². The summed E-state index contributed by atoms with van der Waals surface area (Å²) in [7, 11) is 5.47. The second kappa shape index (κ2) is 5.39. The Morgan fingerprint density at radius 1 is 1.25 bits per heavy atom. The maximum absolute atomic E-state index is 11.4. The average molecular weight is 221 g/mol. The summed E-state index contributed by atoms with van der Waals surface area (Å²) in [5.74, 6) is 0.126. The SMILES string of the molecule is CN(C)C(=O)CCN(C)c1ccccc1N. The number of anilines is 2. The van der Waals surface area contributed by atoms with Gasteiger partial charge in [-0.2, -0.15) is 0 Å². The number of nitrogens with two attached hydrogens (primary N) is 1. The Kier molecular flexibility index (Phi) is 4.17. The molecule has 0 saturated carbocycles. The first-order chi connectivity index (χ1) is 7.52. The van der Waals surface area contributed by atoms with E-state index in [4.69, 9.17) is 5.73 Å². The summed E-state index contributed by atoms with van der Waals surface area (Å²) >= 11 is 0. The zero-order valence-corrected chi connectivity index (χ0v) is 10.1. The fourth-order valence-corrected chi connectivity index (χ4v) is 1.44. The van der Waals surface area contributed by atoms with Gasteiger partial charge in [0.1, 0.15) is 0 Å². The van der Waals surface area contributed by atoms with Crippen molar-refractivity contribution in [1.29, 1.82) is 0 Å². The molecule has 0 saturated heterocycles. The molecule has 1 aromatic carbocycles. The summed E-state index contributed by atoms with van der Waals surface area (Å²) in [6.07, 6.45) is 0.498. The quantitative estimate of drug-likeness (QED) is 0.777. The molecule has 0 fully saturated rings. The summed E-state index contributed by atoms with van der Waals surface area (Å²) in [5, 5.41) is 0. The minimum absolute atomic E-state index is 0.126. The summed E-state index contributed by atoms with van der Waals surface area (Å²) in [4.78, 5) is 15.0. The number of para-hydroxylation sites is 2. The zero-order valence-electron chi connectivity index (χ0n) is 10.1. The van der Waals surface area contributed by atoms with Crippen molar-refractivity contribution in [2.75, 3.05) is 38.3 Å². The third-order valence-corrected chi connectivity index (χ3v) is 2.51. The first-order valence-corrected chi connectivity index (χ1v) is 5.28. The van der Waals surface area contributed by atoms with E-state index in [9.17, 15) is 4.79 Å². The van der Waals surface area contributed by atoms with Crippen molar-refractivity contribution >= 4 is 17.3 Å². The molecule has 0 atom stereocenters. The van der Waals surface area contributed by atoms with Crippen molar-refractivity contribution in [3.05, 3.63) is 24.3 Å². The van der Waals surface area contributed by atoms with E-state index >= 15 is 0 Å². The van der Waals surface area contributed by atoms with Crippen LogP contribution in [0.3, 0.4) is 0 Å². The summed E-state index contributed by atoms with van der Waals surface area (Å²) in [6.45, 7) is 0.672. The van der Waals surface area contributed by atoms with Gasteiger partial charge in [0.15, 0.2) is 0 Å². The second-order valence-corrected chi connectivity index (χ2v) is 4.02. The Balaban J connectivity index is 2.56. The van der Waals surface area contributed by atoms with Crippen molar-refractivity contribution < 1.29 is 4.79 Å². The molecule has 1 amide bonds. The predicted molar refractivity (Wildman–Crippen MR) is 67.4 cm³/mol. The molecule has 4 heteroatoms. The highest BCUT2D eigenvalue weighted by atomic mass is 16.2. The first kappa shape index (κ1) is 12.4. The molecule has 0 spiro atoms. The van der Waals surface area contributed by atoms with Crippen LogP contribution in [0, 0.1) is 0 Å². The zero-order chi connectivity index (χ0) is 12.1. The van der Waals surface area contributed by atoms with Gasteiger partial charge in [-0.1, -0.05) is 12.1 Å². The number of hydrogen-bond acceptors (Lipinski definition) is 3. The van der Waals surface area contributed by atoms with Gasteiger partial charge in [-0.15, -0.1) is 0 Å². The predicted octanol–water partition coefficient (Wildman–Crippen LogP) is 1.18. The third kappa shape index (κ3) is 3.15. The second-order valence-electron chi connectivity index (χ2n) is 4.02. The Hall–Kier alpha value is -1.71. The molecular weight excluding hydrogens is 202 g/mol. The van der Waals surface area contributed by atoms with Gasteiger partial charge < -0.3 is 15.5 Å². The highest BCUT2D eigenvalue weighted by Gasteiger charge is 2.08. The average Bonchev–Trinajstić information content (AvgIpc) is 2.25. The molecule has 0 heterocycles. The molecule has 0 aliphatic carbocycles. The first-order valence-electron chi connectivity index (χ1n) is 5.28. The van der Waals surface area contributed by atoms with Crippen LogP contribution in [0.2, 0.25) is 0 Å². The minimum atomic E-state index is 0.126. The lowest BCUT2D eigenvalue weighted by Gasteiger charge is -2.21. The molecule has 88 valence electrons. The van der Waals surface area contributed by atoms with Crippen LogP contribution in [0.4, 0.5) is 11.4 Å². The number of nitrogens with zero attached hydrogens (tertiary/aromatic N) is 2. The fourth-order valence-electron chi connectivity index (χ4n) is 1.44. The topological polar surface area (TPSA) is 49.6 Å². The van der Waals surface area contributed by atoms with Gasteiger partial charge in [-0.25, -0.2) is 0 Å². The molecule has 1 aromatic rings. The van der Waals surface area contributed by atoms with Crippen LogP contribution in [0.5, 0.6) is 0 Å². The van der Waals surface area contributed by atoms with E-state index < -0.39 is 0 Å². The number of carbonyl (C=O) groups excluding carboxylic acids is 1. The van der Waals surface area contributed by atoms with Gasteiger partial charge in [0.25, 0.3) is 0 Å². The lowest BCUT2D eigenvalue weighted by atomic mass is 10.2. The Morgan fingerprint density at radius 3 is 2.44 bits per heavy atom. The number of amides is 1. The monoisotopic (exact) mass is 221 g/mol. The highest BCUT2D eigenvalue weighted by molar-refractivity contribution is 5.76. The largest absolute Gasteiger partial charge is 0.397 e. The van der Waals surface area contributed by atoms with E-state index in [2.05, 4.69) is 0 Å². The van der Waals surface area contributed by atoms with Crippen LogP contribution in [0.1, 0.15) is 6.42 Å². The molecule has 2 N–H and O–H groups in total. The number of nitrogen functional groups attached to an aromatic ring is 1. The molecule has 0 bridgehead atoms. The van der Waals surface area contributed by atoms with Crippen LogP contribution in [0.15, 0.2) is 24.3 Å². The Labute approximate surface area is 96.6 Å². The van der Waals surface area contributed by atoms with Crippen molar-refractivity contribution in [3.8, 4) is 0 Å². The molecule has 0 aliphatic rings. The fraction of sp³-hybridized carbons (Fsp3) is 0.417. The van der Waals surface area contributed by atoms with Crippen LogP contribution in [-0.4, -0.2) is 38.5 Å². The van der Waals surface area contributed by atoms with Gasteiger partial charge in [-0.05, 0) is 12.1 Å². The molecule has 4 nitrogen and oxygen atoms in total. The number of hydrogen-bond donors (Lipinski definition) is 1. The maximum Gasteiger partial charge on any atom is 0.223 e. The molecule has 0 unspecified atom stereocenters. The number of carbonyl (C=O) groups is 1. The Morgan fingerprint density at radius 2 is 1.88 bits per heavy atom. The van der Waals surface area contributed by atoms with Crippen molar-refractivity contribution in [2.24, 2.45) is 0 Å². The van der Waals surface area contributed by atoms with E-state index in [0.717, 1.165) is 11.4 Å². The summed E-state index contributed by atoms with van der Waals surface area (Å²) in [5.41, 5.74) is 7.56. The molecule has 16 heavy (non-hydrogen) atoms. The van der Waals surface area contributed by atoms with Crippen LogP contribution < -0.4 is 10.6 Å².